The summed E-state index contributed by atoms with van der Waals surface area (Å²) in [6.07, 6.45) is 6.73. The molecule has 3 fully saturated rings. The number of hydrogen-bond donors (Lipinski definition) is 2. The van der Waals surface area contributed by atoms with Gasteiger partial charge < -0.3 is 29.7 Å². The lowest BCUT2D eigenvalue weighted by atomic mass is 9.86. The van der Waals surface area contributed by atoms with Crippen molar-refractivity contribution in [3.63, 3.8) is 0 Å². The summed E-state index contributed by atoms with van der Waals surface area (Å²) in [7, 11) is 0. The second kappa shape index (κ2) is 9.89. The van der Waals surface area contributed by atoms with Crippen molar-refractivity contribution >= 4 is 28.8 Å². The molecule has 1 saturated carbocycles. The van der Waals surface area contributed by atoms with Gasteiger partial charge >= 0.3 is 0 Å². The average molecular weight is 507 g/mol. The Morgan fingerprint density at radius 1 is 1.14 bits per heavy atom. The molecule has 0 bridgehead atoms. The number of carbonyl (C=O) groups is 1. The summed E-state index contributed by atoms with van der Waals surface area (Å²) in [6.45, 7) is 8.16. The van der Waals surface area contributed by atoms with Crippen LogP contribution in [0.4, 0.5) is 22.9 Å². The van der Waals surface area contributed by atoms with Crippen molar-refractivity contribution in [2.75, 3.05) is 28.7 Å². The summed E-state index contributed by atoms with van der Waals surface area (Å²) in [5.41, 5.74) is 3.58. The van der Waals surface area contributed by atoms with Gasteiger partial charge in [-0.15, -0.1) is 0 Å². The molecule has 4 aliphatic rings. The first-order valence-corrected chi connectivity index (χ1v) is 13.7. The molecule has 1 aliphatic carbocycles. The minimum absolute atomic E-state index is 0.0154. The first-order valence-electron chi connectivity index (χ1n) is 13.7. The molecule has 37 heavy (non-hydrogen) atoms. The quantitative estimate of drug-likeness (QED) is 0.603. The van der Waals surface area contributed by atoms with Crippen molar-refractivity contribution in [3.05, 3.63) is 42.1 Å². The SMILES string of the molecule is CC(C)(C)O[C@H]1CC[C@H](C(=O)N2Cc3cccnc3Nc3ccc(N[C@@H]4CO[C@@H]5CCO[C@H]45)cc32)CC1. The van der Waals surface area contributed by atoms with Gasteiger partial charge in [0, 0.05) is 30.0 Å². The number of aromatic nitrogens is 1. The number of benzene rings is 1. The van der Waals surface area contributed by atoms with Gasteiger partial charge in [-0.1, -0.05) is 6.07 Å². The van der Waals surface area contributed by atoms with E-state index in [0.717, 1.165) is 67.2 Å². The highest BCUT2D eigenvalue weighted by Crippen LogP contribution is 2.40. The molecule has 1 aromatic heterocycles. The molecule has 8 nitrogen and oxygen atoms in total. The number of carbonyl (C=O) groups excluding carboxylic acids is 1. The van der Waals surface area contributed by atoms with E-state index in [2.05, 4.69) is 48.5 Å². The van der Waals surface area contributed by atoms with Crippen LogP contribution in [0.15, 0.2) is 36.5 Å². The number of rotatable bonds is 4. The topological polar surface area (TPSA) is 85.0 Å². The number of nitrogens with zero attached hydrogens (tertiary/aromatic N) is 2. The molecule has 1 aromatic carbocycles. The number of nitrogens with one attached hydrogen (secondary N) is 2. The molecular weight excluding hydrogens is 468 g/mol. The fourth-order valence-corrected chi connectivity index (χ4v) is 6.16. The lowest BCUT2D eigenvalue weighted by Gasteiger charge is -2.35. The molecule has 0 radical (unpaired) electrons. The van der Waals surface area contributed by atoms with E-state index in [4.69, 9.17) is 14.2 Å². The van der Waals surface area contributed by atoms with Crippen molar-refractivity contribution in [1.29, 1.82) is 0 Å². The number of amides is 1. The van der Waals surface area contributed by atoms with Gasteiger partial charge in [0.2, 0.25) is 5.91 Å². The molecule has 0 unspecified atom stereocenters. The second-order valence-electron chi connectivity index (χ2n) is 11.7. The lowest BCUT2D eigenvalue weighted by molar-refractivity contribution is -0.126. The van der Waals surface area contributed by atoms with Crippen LogP contribution in [-0.4, -0.2) is 54.1 Å². The summed E-state index contributed by atoms with van der Waals surface area (Å²) in [6, 6.07) is 10.3. The Hall–Kier alpha value is -2.68. The maximum absolute atomic E-state index is 14.1. The summed E-state index contributed by atoms with van der Waals surface area (Å²) in [4.78, 5) is 20.6. The standard InChI is InChI=1S/C29H38N4O4/c1-29(2,3)37-21-9-6-18(7-10-21)28(34)33-16-19-5-4-13-30-27(19)32-22-11-8-20(15-24(22)33)31-23-17-36-25-12-14-35-26(23)25/h4-5,8,11,13,15,18,21,23,25-26,31H,6-7,9-10,12,14,16-17H2,1-3H3,(H,30,32)/t18-,21-,23-,25-,26-/m1/s1. The van der Waals surface area contributed by atoms with E-state index in [9.17, 15) is 4.79 Å². The molecule has 3 atom stereocenters. The first kappa shape index (κ1) is 24.6. The second-order valence-corrected chi connectivity index (χ2v) is 11.7. The van der Waals surface area contributed by atoms with Crippen LogP contribution in [0.2, 0.25) is 0 Å². The number of pyridine rings is 1. The number of anilines is 4. The minimum Gasteiger partial charge on any atom is -0.377 e. The molecule has 2 N–H and O–H groups in total. The van der Waals surface area contributed by atoms with Crippen molar-refractivity contribution in [2.45, 2.75) is 89.4 Å². The number of ether oxygens (including phenoxy) is 3. The average Bonchev–Trinajstić information content (AvgIpc) is 3.44. The molecule has 0 spiro atoms. The van der Waals surface area contributed by atoms with Crippen LogP contribution in [-0.2, 0) is 25.5 Å². The normalized spacial score (nSPS) is 29.1. The zero-order valence-corrected chi connectivity index (χ0v) is 22.0. The number of hydrogen-bond acceptors (Lipinski definition) is 7. The van der Waals surface area contributed by atoms with Crippen LogP contribution >= 0.6 is 0 Å². The molecule has 4 heterocycles. The van der Waals surface area contributed by atoms with Gasteiger partial charge in [0.15, 0.2) is 0 Å². The van der Waals surface area contributed by atoms with E-state index in [-0.39, 0.29) is 41.8 Å². The van der Waals surface area contributed by atoms with Gasteiger partial charge in [-0.05, 0) is 77.1 Å². The van der Waals surface area contributed by atoms with Gasteiger partial charge in [-0.25, -0.2) is 4.98 Å². The third-order valence-electron chi connectivity index (χ3n) is 7.89. The Kier molecular flexibility index (Phi) is 6.59. The molecule has 3 aliphatic heterocycles. The Morgan fingerprint density at radius 2 is 1.97 bits per heavy atom. The minimum atomic E-state index is -0.162. The summed E-state index contributed by atoms with van der Waals surface area (Å²) < 4.78 is 18.1. The van der Waals surface area contributed by atoms with Gasteiger partial charge in [0.1, 0.15) is 11.9 Å². The van der Waals surface area contributed by atoms with Crippen molar-refractivity contribution < 1.29 is 19.0 Å². The monoisotopic (exact) mass is 506 g/mol. The maximum atomic E-state index is 14.1. The van der Waals surface area contributed by atoms with E-state index < -0.39 is 0 Å². The smallest absolute Gasteiger partial charge is 0.230 e. The van der Waals surface area contributed by atoms with Gasteiger partial charge in [0.05, 0.1) is 48.4 Å². The highest BCUT2D eigenvalue weighted by atomic mass is 16.6. The van der Waals surface area contributed by atoms with Crippen LogP contribution in [0.5, 0.6) is 0 Å². The van der Waals surface area contributed by atoms with Crippen molar-refractivity contribution in [1.82, 2.24) is 4.98 Å². The van der Waals surface area contributed by atoms with Gasteiger partial charge in [0.25, 0.3) is 0 Å². The highest BCUT2D eigenvalue weighted by Gasteiger charge is 2.42. The van der Waals surface area contributed by atoms with Crippen LogP contribution in [0.25, 0.3) is 0 Å². The third kappa shape index (κ3) is 5.19. The van der Waals surface area contributed by atoms with Crippen LogP contribution in [0, 0.1) is 5.92 Å². The Balaban J connectivity index is 1.25. The van der Waals surface area contributed by atoms with Crippen LogP contribution in [0.3, 0.4) is 0 Å². The fourth-order valence-electron chi connectivity index (χ4n) is 6.16. The van der Waals surface area contributed by atoms with E-state index in [1.165, 1.54) is 0 Å². The highest BCUT2D eigenvalue weighted by molar-refractivity contribution is 6.00. The molecule has 1 amide bonds. The summed E-state index contributed by atoms with van der Waals surface area (Å²) >= 11 is 0. The summed E-state index contributed by atoms with van der Waals surface area (Å²) in [5.74, 6) is 0.960. The Labute approximate surface area is 219 Å². The third-order valence-corrected chi connectivity index (χ3v) is 7.89. The van der Waals surface area contributed by atoms with Gasteiger partial charge in [-0.3, -0.25) is 4.79 Å². The van der Waals surface area contributed by atoms with E-state index >= 15 is 0 Å². The van der Waals surface area contributed by atoms with Crippen LogP contribution < -0.4 is 15.5 Å². The molecular formula is C29H38N4O4. The Morgan fingerprint density at radius 3 is 2.78 bits per heavy atom. The zero-order chi connectivity index (χ0) is 25.6. The van der Waals surface area contributed by atoms with E-state index in [0.29, 0.717) is 13.2 Å². The summed E-state index contributed by atoms with van der Waals surface area (Å²) in [5, 5.41) is 7.10. The largest absolute Gasteiger partial charge is 0.377 e. The van der Waals surface area contributed by atoms with E-state index in [1.807, 2.05) is 23.1 Å². The number of fused-ring (bicyclic) bond motifs is 3. The predicted octanol–water partition coefficient (Wildman–Crippen LogP) is 5.01. The lowest BCUT2D eigenvalue weighted by Crippen LogP contribution is -2.39. The first-order chi connectivity index (χ1) is 17.8. The van der Waals surface area contributed by atoms with E-state index in [1.54, 1.807) is 6.20 Å². The van der Waals surface area contributed by atoms with Crippen molar-refractivity contribution in [2.24, 2.45) is 5.92 Å². The van der Waals surface area contributed by atoms with Crippen LogP contribution in [0.1, 0.15) is 58.4 Å². The van der Waals surface area contributed by atoms with Gasteiger partial charge in [-0.2, -0.15) is 0 Å². The molecule has 198 valence electrons. The Bertz CT molecular complexity index is 1140. The van der Waals surface area contributed by atoms with Crippen molar-refractivity contribution in [3.8, 4) is 0 Å². The molecule has 2 saturated heterocycles. The predicted molar refractivity (Wildman–Crippen MR) is 143 cm³/mol. The molecule has 8 heteroatoms. The molecule has 6 rings (SSSR count). The zero-order valence-electron chi connectivity index (χ0n) is 22.0. The molecule has 2 aromatic rings. The fraction of sp³-hybridized carbons (Fsp3) is 0.586. The maximum Gasteiger partial charge on any atom is 0.230 e.